The second-order valence-corrected chi connectivity index (χ2v) is 7.30. The number of carbonyl (C=O) groups excluding carboxylic acids is 1. The SMILES string of the molecule is COC(=O)NC1CCC(Nc2ncc3c(N)cc(=O)n(C4CC4)c3n2)CC1. The third-order valence-corrected chi connectivity index (χ3v) is 5.30. The Balaban J connectivity index is 1.49. The lowest BCUT2D eigenvalue weighted by Crippen LogP contribution is -2.40. The van der Waals surface area contributed by atoms with E-state index in [1.165, 1.54) is 13.2 Å². The van der Waals surface area contributed by atoms with Gasteiger partial charge in [0.05, 0.1) is 12.5 Å². The smallest absolute Gasteiger partial charge is 0.407 e. The van der Waals surface area contributed by atoms with Crippen LogP contribution in [0.3, 0.4) is 0 Å². The van der Waals surface area contributed by atoms with Gasteiger partial charge >= 0.3 is 6.09 Å². The van der Waals surface area contributed by atoms with Crippen LogP contribution < -0.4 is 21.9 Å². The molecule has 1 amide bonds. The number of nitrogens with one attached hydrogen (secondary N) is 2. The molecule has 2 fully saturated rings. The van der Waals surface area contributed by atoms with Crippen molar-refractivity contribution in [2.45, 2.75) is 56.7 Å². The van der Waals surface area contributed by atoms with E-state index in [1.54, 1.807) is 10.8 Å². The van der Waals surface area contributed by atoms with Gasteiger partial charge < -0.3 is 21.1 Å². The third kappa shape index (κ3) is 3.67. The van der Waals surface area contributed by atoms with E-state index in [9.17, 15) is 9.59 Å². The molecule has 27 heavy (non-hydrogen) atoms. The van der Waals surface area contributed by atoms with Crippen molar-refractivity contribution in [3.63, 3.8) is 0 Å². The molecule has 0 aromatic carbocycles. The predicted octanol–water partition coefficient (Wildman–Crippen LogP) is 1.79. The zero-order valence-electron chi connectivity index (χ0n) is 15.3. The van der Waals surface area contributed by atoms with Crippen LogP contribution in [-0.2, 0) is 4.74 Å². The average Bonchev–Trinajstić information content (AvgIpc) is 3.48. The first-order valence-electron chi connectivity index (χ1n) is 9.34. The number of hydrogen-bond acceptors (Lipinski definition) is 7. The first kappa shape index (κ1) is 17.6. The van der Waals surface area contributed by atoms with Crippen molar-refractivity contribution in [3.05, 3.63) is 22.6 Å². The molecule has 0 bridgehead atoms. The number of amides is 1. The summed E-state index contributed by atoms with van der Waals surface area (Å²) in [6.07, 6.45) is 6.78. The topological polar surface area (TPSA) is 124 Å². The lowest BCUT2D eigenvalue weighted by atomic mass is 9.91. The summed E-state index contributed by atoms with van der Waals surface area (Å²) < 4.78 is 6.38. The van der Waals surface area contributed by atoms with Gasteiger partial charge in [-0.2, -0.15) is 4.98 Å². The largest absolute Gasteiger partial charge is 0.453 e. The molecule has 9 nitrogen and oxygen atoms in total. The Morgan fingerprint density at radius 3 is 2.59 bits per heavy atom. The summed E-state index contributed by atoms with van der Waals surface area (Å²) >= 11 is 0. The average molecular weight is 372 g/mol. The molecule has 4 N–H and O–H groups in total. The summed E-state index contributed by atoms with van der Waals surface area (Å²) in [7, 11) is 1.37. The third-order valence-electron chi connectivity index (χ3n) is 5.30. The molecule has 144 valence electrons. The number of pyridine rings is 1. The Labute approximate surface area is 156 Å². The Morgan fingerprint density at radius 2 is 1.93 bits per heavy atom. The molecule has 0 atom stereocenters. The summed E-state index contributed by atoms with van der Waals surface area (Å²) in [5.41, 5.74) is 6.89. The number of nitrogen functional groups attached to an aromatic ring is 1. The molecule has 0 radical (unpaired) electrons. The number of fused-ring (bicyclic) bond motifs is 1. The molecule has 4 rings (SSSR count). The van der Waals surface area contributed by atoms with Crippen molar-refractivity contribution in [1.29, 1.82) is 0 Å². The molecular weight excluding hydrogens is 348 g/mol. The molecule has 0 unspecified atom stereocenters. The van der Waals surface area contributed by atoms with E-state index < -0.39 is 0 Å². The van der Waals surface area contributed by atoms with Crippen LogP contribution in [0.15, 0.2) is 17.1 Å². The maximum absolute atomic E-state index is 12.3. The second kappa shape index (κ2) is 7.05. The molecule has 2 heterocycles. The summed E-state index contributed by atoms with van der Waals surface area (Å²) in [5.74, 6) is 0.506. The fraction of sp³-hybridized carbons (Fsp3) is 0.556. The maximum Gasteiger partial charge on any atom is 0.407 e. The maximum atomic E-state index is 12.3. The van der Waals surface area contributed by atoms with E-state index in [-0.39, 0.29) is 29.8 Å². The summed E-state index contributed by atoms with van der Waals surface area (Å²) in [6, 6.07) is 2.02. The van der Waals surface area contributed by atoms with Gasteiger partial charge in [0.25, 0.3) is 5.56 Å². The first-order valence-corrected chi connectivity index (χ1v) is 9.34. The van der Waals surface area contributed by atoms with E-state index in [0.717, 1.165) is 38.5 Å². The molecule has 2 aromatic heterocycles. The molecule has 0 aliphatic heterocycles. The van der Waals surface area contributed by atoms with Crippen molar-refractivity contribution in [2.24, 2.45) is 0 Å². The second-order valence-electron chi connectivity index (χ2n) is 7.30. The van der Waals surface area contributed by atoms with Crippen LogP contribution in [0.5, 0.6) is 0 Å². The number of aromatic nitrogens is 3. The van der Waals surface area contributed by atoms with E-state index in [4.69, 9.17) is 5.73 Å². The van der Waals surface area contributed by atoms with Crippen molar-refractivity contribution >= 4 is 28.8 Å². The monoisotopic (exact) mass is 372 g/mol. The molecule has 0 spiro atoms. The van der Waals surface area contributed by atoms with Crippen LogP contribution in [0, 0.1) is 0 Å². The van der Waals surface area contributed by atoms with Gasteiger partial charge in [-0.05, 0) is 38.5 Å². The minimum Gasteiger partial charge on any atom is -0.453 e. The number of rotatable bonds is 4. The van der Waals surface area contributed by atoms with Gasteiger partial charge in [0.15, 0.2) is 5.65 Å². The van der Waals surface area contributed by atoms with Gasteiger partial charge in [0.2, 0.25) is 5.95 Å². The Morgan fingerprint density at radius 1 is 1.22 bits per heavy atom. The zero-order chi connectivity index (χ0) is 19.0. The molecule has 2 aromatic rings. The standard InChI is InChI=1S/C18H24N6O3/c1-27-18(26)22-11-4-2-10(3-5-11)21-17-20-9-13-14(19)8-15(25)24(12-6-7-12)16(13)23-17/h8-12H,2-7,19H2,1H3,(H,22,26)(H,20,21,23). The molecular formula is C18H24N6O3. The summed E-state index contributed by atoms with van der Waals surface area (Å²) in [5, 5.41) is 6.91. The number of carbonyl (C=O) groups is 1. The van der Waals surface area contributed by atoms with Crippen LogP contribution in [0.25, 0.3) is 11.0 Å². The van der Waals surface area contributed by atoms with E-state index >= 15 is 0 Å². The lowest BCUT2D eigenvalue weighted by Gasteiger charge is -2.29. The molecule has 0 saturated heterocycles. The summed E-state index contributed by atoms with van der Waals surface area (Å²) in [6.45, 7) is 0. The van der Waals surface area contributed by atoms with Crippen LogP contribution in [0.2, 0.25) is 0 Å². The molecule has 2 aliphatic rings. The zero-order valence-corrected chi connectivity index (χ0v) is 15.3. The molecule has 2 aliphatic carbocycles. The van der Waals surface area contributed by atoms with Gasteiger partial charge in [-0.3, -0.25) is 9.36 Å². The van der Waals surface area contributed by atoms with E-state index in [2.05, 4.69) is 25.3 Å². The molecule has 9 heteroatoms. The Hall–Kier alpha value is -2.84. The summed E-state index contributed by atoms with van der Waals surface area (Å²) in [4.78, 5) is 32.6. The fourth-order valence-electron chi connectivity index (χ4n) is 3.69. The normalized spacial score (nSPS) is 22.4. The van der Waals surface area contributed by atoms with Crippen LogP contribution >= 0.6 is 0 Å². The highest BCUT2D eigenvalue weighted by Gasteiger charge is 2.28. The predicted molar refractivity (Wildman–Crippen MR) is 102 cm³/mol. The number of anilines is 2. The fourth-order valence-corrected chi connectivity index (χ4v) is 3.69. The number of nitrogens with zero attached hydrogens (tertiary/aromatic N) is 3. The minimum atomic E-state index is -0.389. The minimum absolute atomic E-state index is 0.110. The van der Waals surface area contributed by atoms with Gasteiger partial charge in [-0.25, -0.2) is 9.78 Å². The highest BCUT2D eigenvalue weighted by molar-refractivity contribution is 5.87. The van der Waals surface area contributed by atoms with E-state index in [1.807, 2.05) is 0 Å². The Kier molecular flexibility index (Phi) is 4.59. The van der Waals surface area contributed by atoms with Gasteiger partial charge in [-0.15, -0.1) is 0 Å². The van der Waals surface area contributed by atoms with Crippen molar-refractivity contribution in [1.82, 2.24) is 19.9 Å². The van der Waals surface area contributed by atoms with Crippen LogP contribution in [-0.4, -0.2) is 39.8 Å². The number of ether oxygens (including phenoxy) is 1. The van der Waals surface area contributed by atoms with Crippen molar-refractivity contribution in [3.8, 4) is 0 Å². The highest BCUT2D eigenvalue weighted by Crippen LogP contribution is 2.36. The van der Waals surface area contributed by atoms with E-state index in [0.29, 0.717) is 22.7 Å². The van der Waals surface area contributed by atoms with Crippen molar-refractivity contribution < 1.29 is 9.53 Å². The first-order chi connectivity index (χ1) is 13.0. The molecule has 2 saturated carbocycles. The highest BCUT2D eigenvalue weighted by atomic mass is 16.5. The lowest BCUT2D eigenvalue weighted by molar-refractivity contribution is 0.162. The Bertz CT molecular complexity index is 915. The van der Waals surface area contributed by atoms with Gasteiger partial charge in [0, 0.05) is 36.1 Å². The number of methoxy groups -OCH3 is 1. The number of hydrogen-bond donors (Lipinski definition) is 3. The van der Waals surface area contributed by atoms with Crippen LogP contribution in [0.1, 0.15) is 44.6 Å². The van der Waals surface area contributed by atoms with Gasteiger partial charge in [0.1, 0.15) is 0 Å². The number of alkyl carbamates (subject to hydrolysis) is 1. The van der Waals surface area contributed by atoms with Crippen molar-refractivity contribution in [2.75, 3.05) is 18.2 Å². The quantitative estimate of drug-likeness (QED) is 0.747. The number of nitrogens with two attached hydrogens (primary N) is 1. The van der Waals surface area contributed by atoms with Crippen LogP contribution in [0.4, 0.5) is 16.4 Å². The van der Waals surface area contributed by atoms with Gasteiger partial charge in [-0.1, -0.05) is 0 Å².